The van der Waals surface area contributed by atoms with Crippen LogP contribution in [0.1, 0.15) is 34.2 Å². The maximum atomic E-state index is 12.7. The number of nitriles is 1. The molecule has 0 bridgehead atoms. The number of hydrogen-bond acceptors (Lipinski definition) is 5. The Bertz CT molecular complexity index is 1180. The van der Waals surface area contributed by atoms with Crippen LogP contribution in [-0.4, -0.2) is 22.3 Å². The van der Waals surface area contributed by atoms with E-state index in [9.17, 15) is 10.1 Å². The summed E-state index contributed by atoms with van der Waals surface area (Å²) in [4.78, 5) is 12.7. The minimum atomic E-state index is -0.481. The molecule has 0 radical (unpaired) electrons. The van der Waals surface area contributed by atoms with Crippen LogP contribution in [0.5, 0.6) is 11.5 Å². The number of carbonyl (C=O) groups excluding carboxylic acids is 1. The SMILES string of the molecule is CCOc1cc(/C=C(\C#N)C(=O)n2nc(C)cc2C)ccc1OCc1ccccc1Cl. The maximum Gasteiger partial charge on any atom is 0.289 e. The van der Waals surface area contributed by atoms with Gasteiger partial charge in [-0.05, 0) is 56.7 Å². The summed E-state index contributed by atoms with van der Waals surface area (Å²) in [5.74, 6) is 0.576. The predicted molar refractivity (Wildman–Crippen MR) is 119 cm³/mol. The molecule has 1 aromatic heterocycles. The number of halogens is 1. The van der Waals surface area contributed by atoms with E-state index in [-0.39, 0.29) is 12.2 Å². The number of aryl methyl sites for hydroxylation is 2. The lowest BCUT2D eigenvalue weighted by atomic mass is 10.1. The molecule has 7 heteroatoms. The molecule has 0 fully saturated rings. The first-order chi connectivity index (χ1) is 14.9. The van der Waals surface area contributed by atoms with E-state index >= 15 is 0 Å². The molecule has 0 amide bonds. The second kappa shape index (κ2) is 9.96. The van der Waals surface area contributed by atoms with Crippen LogP contribution in [0.2, 0.25) is 5.02 Å². The van der Waals surface area contributed by atoms with Crippen molar-refractivity contribution in [2.75, 3.05) is 6.61 Å². The predicted octanol–water partition coefficient (Wildman–Crippen LogP) is 5.38. The van der Waals surface area contributed by atoms with Gasteiger partial charge >= 0.3 is 0 Å². The van der Waals surface area contributed by atoms with E-state index in [1.807, 2.05) is 31.2 Å². The molecule has 0 unspecified atom stereocenters. The van der Waals surface area contributed by atoms with Crippen molar-refractivity contribution in [2.24, 2.45) is 0 Å². The second-order valence-electron chi connectivity index (χ2n) is 6.83. The van der Waals surface area contributed by atoms with E-state index in [0.717, 1.165) is 5.56 Å². The average Bonchev–Trinajstić information content (AvgIpc) is 3.10. The highest BCUT2D eigenvalue weighted by Crippen LogP contribution is 2.31. The van der Waals surface area contributed by atoms with Crippen LogP contribution in [0.25, 0.3) is 6.08 Å². The molecule has 31 heavy (non-hydrogen) atoms. The fourth-order valence-electron chi connectivity index (χ4n) is 3.03. The van der Waals surface area contributed by atoms with E-state index in [1.54, 1.807) is 44.2 Å². The van der Waals surface area contributed by atoms with Gasteiger partial charge in [0.15, 0.2) is 11.5 Å². The molecule has 2 aromatic carbocycles. The van der Waals surface area contributed by atoms with E-state index in [4.69, 9.17) is 21.1 Å². The van der Waals surface area contributed by atoms with Gasteiger partial charge in [-0.2, -0.15) is 10.4 Å². The monoisotopic (exact) mass is 435 g/mol. The molecule has 0 aliphatic rings. The zero-order valence-electron chi connectivity index (χ0n) is 17.6. The molecule has 1 heterocycles. The van der Waals surface area contributed by atoms with Crippen LogP contribution < -0.4 is 9.47 Å². The third kappa shape index (κ3) is 5.33. The van der Waals surface area contributed by atoms with Gasteiger partial charge < -0.3 is 9.47 Å². The van der Waals surface area contributed by atoms with Crippen molar-refractivity contribution >= 4 is 23.6 Å². The molecule has 0 aliphatic heterocycles. The van der Waals surface area contributed by atoms with Gasteiger partial charge in [-0.3, -0.25) is 4.79 Å². The van der Waals surface area contributed by atoms with Gasteiger partial charge in [0.1, 0.15) is 18.2 Å². The van der Waals surface area contributed by atoms with Gasteiger partial charge in [0.25, 0.3) is 5.91 Å². The Hall–Kier alpha value is -3.56. The molecule has 0 saturated carbocycles. The van der Waals surface area contributed by atoms with Crippen molar-refractivity contribution in [1.82, 2.24) is 9.78 Å². The Labute approximate surface area is 186 Å². The molecule has 0 aliphatic carbocycles. The van der Waals surface area contributed by atoms with Crippen molar-refractivity contribution in [1.29, 1.82) is 5.26 Å². The molecular formula is C24H22ClN3O3. The van der Waals surface area contributed by atoms with Gasteiger partial charge in [0, 0.05) is 16.3 Å². The number of rotatable bonds is 7. The Morgan fingerprint density at radius 1 is 1.16 bits per heavy atom. The normalized spacial score (nSPS) is 11.1. The van der Waals surface area contributed by atoms with Gasteiger partial charge in [0.2, 0.25) is 0 Å². The zero-order valence-corrected chi connectivity index (χ0v) is 18.3. The molecule has 6 nitrogen and oxygen atoms in total. The Morgan fingerprint density at radius 3 is 2.58 bits per heavy atom. The lowest BCUT2D eigenvalue weighted by Crippen LogP contribution is -2.15. The minimum Gasteiger partial charge on any atom is -0.490 e. The summed E-state index contributed by atoms with van der Waals surface area (Å²) in [7, 11) is 0. The van der Waals surface area contributed by atoms with E-state index in [2.05, 4.69) is 5.10 Å². The number of benzene rings is 2. The van der Waals surface area contributed by atoms with E-state index in [1.165, 1.54) is 10.8 Å². The molecule has 3 aromatic rings. The minimum absolute atomic E-state index is 0.0293. The average molecular weight is 436 g/mol. The highest BCUT2D eigenvalue weighted by atomic mass is 35.5. The van der Waals surface area contributed by atoms with Crippen LogP contribution in [0.4, 0.5) is 0 Å². The summed E-state index contributed by atoms with van der Waals surface area (Å²) in [6, 6.07) is 16.4. The van der Waals surface area contributed by atoms with Crippen LogP contribution in [-0.2, 0) is 6.61 Å². The fraction of sp³-hybridized carbons (Fsp3) is 0.208. The van der Waals surface area contributed by atoms with Gasteiger partial charge in [-0.15, -0.1) is 0 Å². The Morgan fingerprint density at radius 2 is 1.94 bits per heavy atom. The maximum absolute atomic E-state index is 12.7. The quantitative estimate of drug-likeness (QED) is 0.368. The van der Waals surface area contributed by atoms with E-state index in [0.29, 0.717) is 40.1 Å². The zero-order chi connectivity index (χ0) is 22.4. The van der Waals surface area contributed by atoms with Crippen LogP contribution in [0.3, 0.4) is 0 Å². The number of carbonyl (C=O) groups is 1. The molecule has 0 saturated heterocycles. The number of allylic oxidation sites excluding steroid dienone is 1. The van der Waals surface area contributed by atoms with Crippen molar-refractivity contribution in [3.63, 3.8) is 0 Å². The number of nitrogens with zero attached hydrogens (tertiary/aromatic N) is 3. The van der Waals surface area contributed by atoms with E-state index < -0.39 is 5.91 Å². The highest BCUT2D eigenvalue weighted by Gasteiger charge is 2.16. The summed E-state index contributed by atoms with van der Waals surface area (Å²) in [6.07, 6.45) is 1.51. The molecule has 0 spiro atoms. The summed E-state index contributed by atoms with van der Waals surface area (Å²) in [6.45, 7) is 6.15. The van der Waals surface area contributed by atoms with Crippen molar-refractivity contribution < 1.29 is 14.3 Å². The number of ether oxygens (including phenoxy) is 2. The smallest absolute Gasteiger partial charge is 0.289 e. The lowest BCUT2D eigenvalue weighted by Gasteiger charge is -2.13. The lowest BCUT2D eigenvalue weighted by molar-refractivity contribution is 0.0943. The summed E-state index contributed by atoms with van der Waals surface area (Å²) < 4.78 is 12.8. The van der Waals surface area contributed by atoms with Crippen molar-refractivity contribution in [2.45, 2.75) is 27.4 Å². The summed E-state index contributed by atoms with van der Waals surface area (Å²) in [5, 5.41) is 14.3. The fourth-order valence-corrected chi connectivity index (χ4v) is 3.22. The molecule has 0 atom stereocenters. The second-order valence-corrected chi connectivity index (χ2v) is 7.24. The first kappa shape index (κ1) is 22.1. The molecular weight excluding hydrogens is 414 g/mol. The first-order valence-corrected chi connectivity index (χ1v) is 10.1. The molecule has 0 N–H and O–H groups in total. The van der Waals surface area contributed by atoms with Crippen LogP contribution >= 0.6 is 11.6 Å². The van der Waals surface area contributed by atoms with Crippen LogP contribution in [0, 0.1) is 25.2 Å². The van der Waals surface area contributed by atoms with Gasteiger partial charge in [-0.1, -0.05) is 35.9 Å². The molecule has 158 valence electrons. The van der Waals surface area contributed by atoms with Gasteiger partial charge in [0.05, 0.1) is 12.3 Å². The standard InChI is InChI=1S/C24H22ClN3O3/c1-4-30-23-13-18(9-10-22(23)31-15-19-7-5-6-8-21(19)25)12-20(14-26)24(29)28-17(3)11-16(2)27-28/h5-13H,4,15H2,1-3H3/b20-12+. The topological polar surface area (TPSA) is 77.1 Å². The first-order valence-electron chi connectivity index (χ1n) is 9.75. The van der Waals surface area contributed by atoms with Crippen LogP contribution in [0.15, 0.2) is 54.1 Å². The highest BCUT2D eigenvalue weighted by molar-refractivity contribution is 6.31. The number of hydrogen-bond donors (Lipinski definition) is 0. The Kier molecular flexibility index (Phi) is 7.11. The van der Waals surface area contributed by atoms with Gasteiger partial charge in [-0.25, -0.2) is 4.68 Å². The van der Waals surface area contributed by atoms with Crippen molar-refractivity contribution in [3.05, 3.63) is 81.6 Å². The third-order valence-electron chi connectivity index (χ3n) is 4.47. The number of aromatic nitrogens is 2. The summed E-state index contributed by atoms with van der Waals surface area (Å²) >= 11 is 6.19. The third-order valence-corrected chi connectivity index (χ3v) is 4.84. The Balaban J connectivity index is 1.86. The summed E-state index contributed by atoms with van der Waals surface area (Å²) in [5.41, 5.74) is 2.85. The van der Waals surface area contributed by atoms with Crippen molar-refractivity contribution in [3.8, 4) is 17.6 Å². The molecule has 3 rings (SSSR count). The largest absolute Gasteiger partial charge is 0.490 e.